The summed E-state index contributed by atoms with van der Waals surface area (Å²) >= 11 is 0. The third-order valence-electron chi connectivity index (χ3n) is 10.3. The first-order valence-corrected chi connectivity index (χ1v) is 21.2. The van der Waals surface area contributed by atoms with Gasteiger partial charge in [0, 0.05) is 57.3 Å². The van der Waals surface area contributed by atoms with Gasteiger partial charge in [-0.2, -0.15) is 18.3 Å². The number of hydrogen-bond donors (Lipinski definition) is 1. The molecule has 1 amide bonds. The van der Waals surface area contributed by atoms with Gasteiger partial charge in [-0.05, 0) is 76.3 Å². The number of pyridine rings is 1. The van der Waals surface area contributed by atoms with Crippen LogP contribution in [0, 0.1) is 29.5 Å². The summed E-state index contributed by atoms with van der Waals surface area (Å²) in [7, 11) is 0.0680. The lowest BCUT2D eigenvalue weighted by Gasteiger charge is -2.42. The minimum atomic E-state index is -4.49. The molecule has 1 aliphatic heterocycles. The number of ketones is 1. The Morgan fingerprint density at radius 2 is 1.72 bits per heavy atom. The molecule has 0 spiro atoms. The number of methoxy groups -OCH3 is 1. The summed E-state index contributed by atoms with van der Waals surface area (Å²) in [4.78, 5) is 32.6. The number of nitrogens with zero attached hydrogens (tertiary/aromatic N) is 4. The van der Waals surface area contributed by atoms with Gasteiger partial charge < -0.3 is 14.8 Å². The standard InChI is InChI=1S/C35H50F5N5O4Si/c1-34(2,37)19-44-18-24(9-10-29(44)35(38,39)40)42-33(47)23-13-21-7-8-22(14-23)31(21)32(46)27-16-28(25-15-30(48-3)41-17-26(25)36)45(43-27)20-49-11-12-50(4,5)6/h15-17,21-24,29,31H,7-14,18-20H2,1-6H3,(H,42,47)/t21-,22+,23-,24?,29?,31?. The van der Waals surface area contributed by atoms with Crippen molar-refractivity contribution in [2.45, 2.75) is 109 Å². The summed E-state index contributed by atoms with van der Waals surface area (Å²) in [5.74, 6) is -1.64. The molecule has 2 aliphatic carbocycles. The van der Waals surface area contributed by atoms with E-state index in [2.05, 4.69) is 35.0 Å². The number of ether oxygens (including phenoxy) is 2. The minimum absolute atomic E-state index is 0.0298. The number of carbonyl (C=O) groups is 2. The van der Waals surface area contributed by atoms with Gasteiger partial charge in [-0.25, -0.2) is 18.4 Å². The molecule has 3 fully saturated rings. The van der Waals surface area contributed by atoms with Crippen molar-refractivity contribution < 1.29 is 41.0 Å². The zero-order valence-electron chi connectivity index (χ0n) is 29.8. The van der Waals surface area contributed by atoms with E-state index in [0.29, 0.717) is 25.1 Å². The van der Waals surface area contributed by atoms with E-state index in [1.807, 2.05) is 0 Å². The van der Waals surface area contributed by atoms with E-state index in [4.69, 9.17) is 9.47 Å². The zero-order chi connectivity index (χ0) is 36.6. The lowest BCUT2D eigenvalue weighted by molar-refractivity contribution is -0.196. The minimum Gasteiger partial charge on any atom is -0.481 e. The van der Waals surface area contributed by atoms with Crippen LogP contribution in [-0.4, -0.2) is 90.2 Å². The molecule has 2 saturated carbocycles. The molecule has 3 heterocycles. The van der Waals surface area contributed by atoms with E-state index < -0.39 is 37.8 Å². The fourth-order valence-corrected chi connectivity index (χ4v) is 8.72. The van der Waals surface area contributed by atoms with Crippen molar-refractivity contribution in [2.75, 3.05) is 26.8 Å². The molecular weight excluding hydrogens is 677 g/mol. The quantitative estimate of drug-likeness (QED) is 0.104. The van der Waals surface area contributed by atoms with Gasteiger partial charge >= 0.3 is 6.18 Å². The Balaban J connectivity index is 1.28. The van der Waals surface area contributed by atoms with Crippen molar-refractivity contribution in [3.8, 4) is 17.1 Å². The molecule has 9 nitrogen and oxygen atoms in total. The van der Waals surface area contributed by atoms with Gasteiger partial charge in [0.1, 0.15) is 24.1 Å². The number of carbonyl (C=O) groups excluding carboxylic acids is 2. The predicted octanol–water partition coefficient (Wildman–Crippen LogP) is 6.90. The molecule has 2 bridgehead atoms. The van der Waals surface area contributed by atoms with E-state index in [0.717, 1.165) is 30.0 Å². The molecule has 15 heteroatoms. The van der Waals surface area contributed by atoms with Crippen LogP contribution in [0.25, 0.3) is 11.3 Å². The molecular formula is C35H50F5N5O4Si. The Hall–Kier alpha value is -2.91. The second kappa shape index (κ2) is 15.0. The molecule has 1 saturated heterocycles. The molecule has 0 radical (unpaired) electrons. The van der Waals surface area contributed by atoms with Crippen LogP contribution in [0.3, 0.4) is 0 Å². The van der Waals surface area contributed by atoms with E-state index in [9.17, 15) is 27.2 Å². The Kier molecular flexibility index (Phi) is 11.5. The highest BCUT2D eigenvalue weighted by atomic mass is 28.3. The van der Waals surface area contributed by atoms with Crippen molar-refractivity contribution in [1.29, 1.82) is 0 Å². The van der Waals surface area contributed by atoms with E-state index in [1.54, 1.807) is 6.07 Å². The molecule has 278 valence electrons. The van der Waals surface area contributed by atoms with Crippen molar-refractivity contribution in [2.24, 2.45) is 23.7 Å². The largest absolute Gasteiger partial charge is 0.481 e. The number of nitrogens with one attached hydrogen (secondary N) is 1. The lowest BCUT2D eigenvalue weighted by atomic mass is 9.70. The first-order valence-electron chi connectivity index (χ1n) is 17.5. The highest BCUT2D eigenvalue weighted by Gasteiger charge is 2.50. The summed E-state index contributed by atoms with van der Waals surface area (Å²) in [5, 5.41) is 7.58. The number of fused-ring (bicyclic) bond motifs is 2. The number of likely N-dealkylation sites (tertiary alicyclic amines) is 1. The average Bonchev–Trinajstić information content (AvgIpc) is 3.54. The number of Topliss-reactive ketones (excluding diaryl/α,β-unsaturated/α-hetero) is 1. The molecule has 2 aromatic heterocycles. The van der Waals surface area contributed by atoms with Crippen LogP contribution >= 0.6 is 0 Å². The van der Waals surface area contributed by atoms with Crippen molar-refractivity contribution >= 4 is 19.8 Å². The number of rotatable bonds is 13. The second-order valence-electron chi connectivity index (χ2n) is 16.1. The molecule has 6 atom stereocenters. The predicted molar refractivity (Wildman–Crippen MR) is 181 cm³/mol. The van der Waals surface area contributed by atoms with Crippen LogP contribution in [0.4, 0.5) is 22.0 Å². The molecule has 2 aromatic rings. The number of halogens is 5. The van der Waals surface area contributed by atoms with Gasteiger partial charge in [0.2, 0.25) is 11.8 Å². The Morgan fingerprint density at radius 3 is 2.32 bits per heavy atom. The highest BCUT2D eigenvalue weighted by molar-refractivity contribution is 6.76. The van der Waals surface area contributed by atoms with Crippen LogP contribution in [0.15, 0.2) is 18.3 Å². The first kappa shape index (κ1) is 38.3. The van der Waals surface area contributed by atoms with Gasteiger partial charge in [0.15, 0.2) is 11.6 Å². The van der Waals surface area contributed by atoms with Gasteiger partial charge in [0.05, 0.1) is 19.0 Å². The van der Waals surface area contributed by atoms with Crippen LogP contribution < -0.4 is 10.1 Å². The SMILES string of the molecule is COc1cc(-c2cc(C(=O)C3[C@@H]4CC[C@H]3C[C@H](C(=O)NC3CCC(C(F)(F)F)N(CC(C)(C)F)C3)C4)nn2COCC[Si](C)(C)C)c(F)cn1. The first-order chi connectivity index (χ1) is 23.3. The van der Waals surface area contributed by atoms with E-state index >= 15 is 4.39 Å². The van der Waals surface area contributed by atoms with E-state index in [-0.39, 0.29) is 85.2 Å². The Labute approximate surface area is 291 Å². The lowest BCUT2D eigenvalue weighted by Crippen LogP contribution is -2.59. The summed E-state index contributed by atoms with van der Waals surface area (Å²) in [6.45, 7) is 9.29. The van der Waals surface area contributed by atoms with Crippen LogP contribution in [0.5, 0.6) is 5.88 Å². The third kappa shape index (κ3) is 9.30. The maximum atomic E-state index is 15.1. The maximum Gasteiger partial charge on any atom is 0.404 e. The average molecular weight is 728 g/mol. The normalized spacial score (nSPS) is 26.2. The summed E-state index contributed by atoms with van der Waals surface area (Å²) in [6.07, 6.45) is -1.01. The molecule has 3 unspecified atom stereocenters. The topological polar surface area (TPSA) is 98.6 Å². The fourth-order valence-electron chi connectivity index (χ4n) is 7.96. The molecule has 3 aliphatic rings. The number of hydrogen-bond acceptors (Lipinski definition) is 7. The zero-order valence-corrected chi connectivity index (χ0v) is 30.8. The number of piperidine rings is 1. The second-order valence-corrected chi connectivity index (χ2v) is 21.7. The molecule has 5 rings (SSSR count). The third-order valence-corrected chi connectivity index (χ3v) is 12.0. The van der Waals surface area contributed by atoms with Crippen LogP contribution in [-0.2, 0) is 16.3 Å². The van der Waals surface area contributed by atoms with Crippen molar-refractivity contribution in [3.05, 3.63) is 29.8 Å². The van der Waals surface area contributed by atoms with Gasteiger partial charge in [-0.1, -0.05) is 19.6 Å². The molecule has 1 N–H and O–H groups in total. The van der Waals surface area contributed by atoms with Crippen molar-refractivity contribution in [1.82, 2.24) is 25.0 Å². The van der Waals surface area contributed by atoms with E-state index in [1.165, 1.54) is 31.7 Å². The van der Waals surface area contributed by atoms with Crippen LogP contribution in [0.2, 0.25) is 25.7 Å². The van der Waals surface area contributed by atoms with Gasteiger partial charge in [0.25, 0.3) is 0 Å². The number of alkyl halides is 4. The summed E-state index contributed by atoms with van der Waals surface area (Å²) in [6, 6.07) is 1.70. The van der Waals surface area contributed by atoms with Crippen LogP contribution in [0.1, 0.15) is 62.9 Å². The highest BCUT2D eigenvalue weighted by Crippen LogP contribution is 2.50. The Morgan fingerprint density at radius 1 is 1.04 bits per heavy atom. The fraction of sp³-hybridized carbons (Fsp3) is 0.714. The Bertz CT molecular complexity index is 1510. The summed E-state index contributed by atoms with van der Waals surface area (Å²) < 4.78 is 83.3. The maximum absolute atomic E-state index is 15.1. The number of amides is 1. The molecule has 50 heavy (non-hydrogen) atoms. The molecule has 0 aromatic carbocycles. The van der Waals surface area contributed by atoms with Gasteiger partial charge in [-0.3, -0.25) is 14.5 Å². The smallest absolute Gasteiger partial charge is 0.404 e. The van der Waals surface area contributed by atoms with Crippen molar-refractivity contribution in [3.63, 3.8) is 0 Å². The summed E-state index contributed by atoms with van der Waals surface area (Å²) in [5.41, 5.74) is -1.08. The van der Waals surface area contributed by atoms with Gasteiger partial charge in [-0.15, -0.1) is 0 Å². The monoisotopic (exact) mass is 727 g/mol. The number of aromatic nitrogens is 3.